The van der Waals surface area contributed by atoms with Gasteiger partial charge in [-0.25, -0.2) is 15.3 Å². The van der Waals surface area contributed by atoms with Gasteiger partial charge in [-0.1, -0.05) is 12.1 Å². The molecular weight excluding hydrogens is 416 g/mol. The fourth-order valence-electron chi connectivity index (χ4n) is 3.75. The maximum absolute atomic E-state index is 12.1. The number of benzene rings is 1. The van der Waals surface area contributed by atoms with Gasteiger partial charge in [0, 0.05) is 50.1 Å². The number of piperidine rings is 1. The van der Waals surface area contributed by atoms with Gasteiger partial charge in [-0.2, -0.15) is 0 Å². The topological polar surface area (TPSA) is 68.1 Å². The van der Waals surface area contributed by atoms with Crippen LogP contribution in [0.2, 0.25) is 0 Å². The van der Waals surface area contributed by atoms with Crippen LogP contribution in [0.3, 0.4) is 0 Å². The molecule has 0 atom stereocenters. The molecule has 166 valence electrons. The first-order chi connectivity index (χ1) is 14.5. The Morgan fingerprint density at radius 2 is 1.84 bits per heavy atom. The van der Waals surface area contributed by atoms with Crippen molar-refractivity contribution in [1.29, 1.82) is 0 Å². The van der Waals surface area contributed by atoms with Crippen LogP contribution in [0.25, 0.3) is 16.8 Å². The van der Waals surface area contributed by atoms with Gasteiger partial charge >= 0.3 is 6.03 Å². The number of ether oxygens (including phenoxy) is 1. The Balaban J connectivity index is 0.00000272. The van der Waals surface area contributed by atoms with E-state index in [2.05, 4.69) is 35.6 Å². The van der Waals surface area contributed by atoms with Crippen LogP contribution in [0.1, 0.15) is 32.3 Å². The Bertz CT molecular complexity index is 1010. The van der Waals surface area contributed by atoms with Crippen LogP contribution in [0, 0.1) is 6.92 Å². The Morgan fingerprint density at radius 3 is 2.52 bits per heavy atom. The van der Waals surface area contributed by atoms with Gasteiger partial charge in [-0.15, -0.1) is 12.4 Å². The van der Waals surface area contributed by atoms with Crippen LogP contribution in [0.5, 0.6) is 5.75 Å². The van der Waals surface area contributed by atoms with Crippen LogP contribution in [0.4, 0.5) is 4.79 Å². The summed E-state index contributed by atoms with van der Waals surface area (Å²) in [6.45, 7) is 7.16. The molecule has 0 bridgehead atoms. The maximum Gasteiger partial charge on any atom is 0.341 e. The Labute approximate surface area is 188 Å². The zero-order valence-corrected chi connectivity index (χ0v) is 18.9. The zero-order valence-electron chi connectivity index (χ0n) is 18.1. The second-order valence-electron chi connectivity index (χ2n) is 7.91. The second-order valence-corrected chi connectivity index (χ2v) is 7.91. The molecule has 3 aromatic rings. The molecule has 2 aromatic heterocycles. The number of carbonyl (C=O) groups is 1. The standard InChI is InChI=1S/C23H28N4O3.ClH/c1-16(2)30-25-23(28)27-12-8-20(9-13-27)29-19-6-4-18(5-7-19)21-10-14-26-15-11-24-22(26)17(21)3;/h4-7,10-11,14-16,20H,8-9,12-13H2,1-3H3,(H,25,28);1H. The minimum absolute atomic E-state index is 0. The number of fused-ring (bicyclic) bond motifs is 1. The second kappa shape index (κ2) is 10.0. The van der Waals surface area contributed by atoms with Gasteiger partial charge in [0.1, 0.15) is 17.5 Å². The van der Waals surface area contributed by atoms with E-state index in [4.69, 9.17) is 9.57 Å². The predicted octanol–water partition coefficient (Wildman–Crippen LogP) is 4.62. The fraction of sp³-hybridized carbons (Fsp3) is 0.391. The lowest BCUT2D eigenvalue weighted by molar-refractivity contribution is 0.00228. The van der Waals surface area contributed by atoms with Crippen molar-refractivity contribution in [2.45, 2.75) is 45.8 Å². The van der Waals surface area contributed by atoms with Crippen LogP contribution in [-0.4, -0.2) is 45.6 Å². The number of amides is 2. The van der Waals surface area contributed by atoms with E-state index >= 15 is 0 Å². The van der Waals surface area contributed by atoms with E-state index in [0.29, 0.717) is 13.1 Å². The number of rotatable bonds is 5. The van der Waals surface area contributed by atoms with Crippen LogP contribution < -0.4 is 10.2 Å². The molecular formula is C23H29ClN4O3. The number of aryl methyl sites for hydroxylation is 1. The quantitative estimate of drug-likeness (QED) is 0.583. The number of halogens is 1. The number of nitrogens with one attached hydrogen (secondary N) is 1. The van der Waals surface area contributed by atoms with E-state index < -0.39 is 0 Å². The number of nitrogens with zero attached hydrogens (tertiary/aromatic N) is 3. The number of aromatic nitrogens is 2. The summed E-state index contributed by atoms with van der Waals surface area (Å²) in [4.78, 5) is 23.5. The van der Waals surface area contributed by atoms with Gasteiger partial charge in [0.15, 0.2) is 0 Å². The highest BCUT2D eigenvalue weighted by atomic mass is 35.5. The minimum atomic E-state index is -0.184. The SMILES string of the molecule is Cc1c(-c2ccc(OC3CCN(C(=O)NOC(C)C)CC3)cc2)ccn2ccnc12.Cl. The van der Waals surface area contributed by atoms with Gasteiger partial charge < -0.3 is 14.0 Å². The first-order valence-corrected chi connectivity index (χ1v) is 10.4. The number of pyridine rings is 1. The number of likely N-dealkylation sites (tertiary alicyclic amines) is 1. The molecule has 1 aliphatic rings. The van der Waals surface area contributed by atoms with Crippen molar-refractivity contribution in [3.8, 4) is 16.9 Å². The van der Waals surface area contributed by atoms with E-state index in [-0.39, 0.29) is 30.6 Å². The summed E-state index contributed by atoms with van der Waals surface area (Å²) < 4.78 is 8.18. The van der Waals surface area contributed by atoms with Gasteiger partial charge in [-0.05, 0) is 50.1 Å². The molecule has 0 saturated carbocycles. The lowest BCUT2D eigenvalue weighted by Crippen LogP contribution is -2.46. The average Bonchev–Trinajstić information content (AvgIpc) is 3.23. The van der Waals surface area contributed by atoms with Crippen molar-refractivity contribution in [3.05, 3.63) is 54.5 Å². The third-order valence-corrected chi connectivity index (χ3v) is 5.39. The van der Waals surface area contributed by atoms with Crippen molar-refractivity contribution in [3.63, 3.8) is 0 Å². The molecule has 7 nitrogen and oxygen atoms in total. The lowest BCUT2D eigenvalue weighted by atomic mass is 10.0. The molecule has 31 heavy (non-hydrogen) atoms. The maximum atomic E-state index is 12.1. The Kier molecular flexibility index (Phi) is 7.41. The molecule has 1 fully saturated rings. The summed E-state index contributed by atoms with van der Waals surface area (Å²) in [5.41, 5.74) is 6.93. The molecule has 2 amide bonds. The number of hydrogen-bond acceptors (Lipinski definition) is 4. The monoisotopic (exact) mass is 444 g/mol. The molecule has 1 saturated heterocycles. The van der Waals surface area contributed by atoms with Crippen molar-refractivity contribution >= 4 is 24.1 Å². The summed E-state index contributed by atoms with van der Waals surface area (Å²) >= 11 is 0. The normalized spacial score (nSPS) is 14.5. The summed E-state index contributed by atoms with van der Waals surface area (Å²) in [5, 5.41) is 0. The van der Waals surface area contributed by atoms with E-state index in [9.17, 15) is 4.79 Å². The van der Waals surface area contributed by atoms with Crippen molar-refractivity contribution in [2.75, 3.05) is 13.1 Å². The van der Waals surface area contributed by atoms with E-state index in [0.717, 1.165) is 35.4 Å². The molecule has 0 spiro atoms. The number of urea groups is 1. The first kappa shape index (κ1) is 22.9. The highest BCUT2D eigenvalue weighted by Crippen LogP contribution is 2.28. The number of hydrogen-bond donors (Lipinski definition) is 1. The molecule has 1 aromatic carbocycles. The van der Waals surface area contributed by atoms with Crippen molar-refractivity contribution in [2.24, 2.45) is 0 Å². The molecule has 1 N–H and O–H groups in total. The zero-order chi connectivity index (χ0) is 21.1. The average molecular weight is 445 g/mol. The van der Waals surface area contributed by atoms with Gasteiger partial charge in [0.25, 0.3) is 0 Å². The Hall–Kier alpha value is -2.77. The number of carbonyl (C=O) groups excluding carboxylic acids is 1. The van der Waals surface area contributed by atoms with Crippen molar-refractivity contribution < 1.29 is 14.4 Å². The third kappa shape index (κ3) is 5.29. The smallest absolute Gasteiger partial charge is 0.341 e. The molecule has 0 radical (unpaired) electrons. The van der Waals surface area contributed by atoms with E-state index in [1.807, 2.05) is 49.0 Å². The highest BCUT2D eigenvalue weighted by Gasteiger charge is 2.24. The number of hydroxylamine groups is 1. The molecule has 0 aliphatic carbocycles. The van der Waals surface area contributed by atoms with Crippen LogP contribution in [0.15, 0.2) is 48.9 Å². The molecule has 3 heterocycles. The summed E-state index contributed by atoms with van der Waals surface area (Å²) in [7, 11) is 0. The van der Waals surface area contributed by atoms with Gasteiger partial charge in [0.2, 0.25) is 0 Å². The van der Waals surface area contributed by atoms with Crippen LogP contribution in [-0.2, 0) is 4.84 Å². The van der Waals surface area contributed by atoms with Crippen LogP contribution >= 0.6 is 12.4 Å². The van der Waals surface area contributed by atoms with Gasteiger partial charge in [0.05, 0.1) is 6.10 Å². The van der Waals surface area contributed by atoms with Crippen molar-refractivity contribution in [1.82, 2.24) is 19.8 Å². The first-order valence-electron chi connectivity index (χ1n) is 10.4. The fourth-order valence-corrected chi connectivity index (χ4v) is 3.75. The molecule has 1 aliphatic heterocycles. The predicted molar refractivity (Wildman–Crippen MR) is 123 cm³/mol. The third-order valence-electron chi connectivity index (χ3n) is 5.39. The van der Waals surface area contributed by atoms with E-state index in [1.54, 1.807) is 4.90 Å². The lowest BCUT2D eigenvalue weighted by Gasteiger charge is -2.32. The Morgan fingerprint density at radius 1 is 1.13 bits per heavy atom. The van der Waals surface area contributed by atoms with Gasteiger partial charge in [-0.3, -0.25) is 4.84 Å². The molecule has 4 rings (SSSR count). The summed E-state index contributed by atoms with van der Waals surface area (Å²) in [5.74, 6) is 0.851. The summed E-state index contributed by atoms with van der Waals surface area (Å²) in [6.07, 6.45) is 7.46. The summed E-state index contributed by atoms with van der Waals surface area (Å²) in [6, 6.07) is 10.1. The minimum Gasteiger partial charge on any atom is -0.490 e. The highest BCUT2D eigenvalue weighted by molar-refractivity contribution is 5.85. The molecule has 8 heteroatoms. The van der Waals surface area contributed by atoms with E-state index in [1.165, 1.54) is 5.56 Å². The largest absolute Gasteiger partial charge is 0.490 e. The molecule has 0 unspecified atom stereocenters. The number of imidazole rings is 1.